The number of hydrogen-bond donors (Lipinski definition) is 1. The van der Waals surface area contributed by atoms with Gasteiger partial charge in [-0.25, -0.2) is 0 Å². The summed E-state index contributed by atoms with van der Waals surface area (Å²) >= 11 is 0. The van der Waals surface area contributed by atoms with E-state index in [9.17, 15) is 0 Å². The Morgan fingerprint density at radius 2 is 2.00 bits per heavy atom. The predicted octanol–water partition coefficient (Wildman–Crippen LogP) is 3.43. The standard InChI is InChI=1S/C16H21N3O2/c1-11-6-7-13(17)12(10-11)14-18-15(19-21-14)16(20-2)8-4-3-5-9-16/h6-7,10H,3-5,8-9,17H2,1-2H3. The number of ether oxygens (including phenoxy) is 1. The summed E-state index contributed by atoms with van der Waals surface area (Å²) in [7, 11) is 1.72. The number of nitrogens with two attached hydrogens (primary N) is 1. The summed E-state index contributed by atoms with van der Waals surface area (Å²) in [6.07, 6.45) is 5.37. The molecule has 5 nitrogen and oxygen atoms in total. The lowest BCUT2D eigenvalue weighted by molar-refractivity contribution is -0.0527. The topological polar surface area (TPSA) is 74.2 Å². The first-order valence-corrected chi connectivity index (χ1v) is 7.40. The van der Waals surface area contributed by atoms with Crippen LogP contribution in [0.4, 0.5) is 5.69 Å². The van der Waals surface area contributed by atoms with Crippen LogP contribution in [-0.2, 0) is 10.3 Å². The van der Waals surface area contributed by atoms with Gasteiger partial charge in [-0.05, 0) is 31.9 Å². The fourth-order valence-corrected chi connectivity index (χ4v) is 3.02. The third-order valence-corrected chi connectivity index (χ3v) is 4.32. The van der Waals surface area contributed by atoms with E-state index in [1.165, 1.54) is 6.42 Å². The fraction of sp³-hybridized carbons (Fsp3) is 0.500. The molecule has 0 aliphatic heterocycles. The highest BCUT2D eigenvalue weighted by Gasteiger charge is 2.38. The van der Waals surface area contributed by atoms with Crippen LogP contribution in [0, 0.1) is 6.92 Å². The fourth-order valence-electron chi connectivity index (χ4n) is 3.02. The molecule has 0 unspecified atom stereocenters. The van der Waals surface area contributed by atoms with E-state index in [-0.39, 0.29) is 0 Å². The van der Waals surface area contributed by atoms with Crippen molar-refractivity contribution in [3.8, 4) is 11.5 Å². The summed E-state index contributed by atoms with van der Waals surface area (Å²) in [5.74, 6) is 1.11. The van der Waals surface area contributed by atoms with Crippen molar-refractivity contribution in [1.82, 2.24) is 10.1 Å². The van der Waals surface area contributed by atoms with Crippen LogP contribution in [0.1, 0.15) is 43.5 Å². The highest BCUT2D eigenvalue weighted by molar-refractivity contribution is 5.71. The Labute approximate surface area is 124 Å². The van der Waals surface area contributed by atoms with Crippen molar-refractivity contribution in [3.05, 3.63) is 29.6 Å². The summed E-state index contributed by atoms with van der Waals surface area (Å²) in [5, 5.41) is 4.16. The van der Waals surface area contributed by atoms with E-state index in [2.05, 4.69) is 10.1 Å². The van der Waals surface area contributed by atoms with Crippen LogP contribution in [0.2, 0.25) is 0 Å². The molecule has 5 heteroatoms. The number of methoxy groups -OCH3 is 1. The molecule has 0 radical (unpaired) electrons. The van der Waals surface area contributed by atoms with E-state index >= 15 is 0 Å². The molecule has 1 aliphatic rings. The molecule has 1 aliphatic carbocycles. The molecule has 0 atom stereocenters. The summed E-state index contributed by atoms with van der Waals surface area (Å²) in [5.41, 5.74) is 8.15. The molecular formula is C16H21N3O2. The minimum atomic E-state index is -0.404. The van der Waals surface area contributed by atoms with Crippen molar-refractivity contribution in [2.45, 2.75) is 44.6 Å². The minimum absolute atomic E-state index is 0.404. The van der Waals surface area contributed by atoms with Gasteiger partial charge in [-0.3, -0.25) is 0 Å². The van der Waals surface area contributed by atoms with E-state index in [4.69, 9.17) is 15.0 Å². The monoisotopic (exact) mass is 287 g/mol. The van der Waals surface area contributed by atoms with Gasteiger partial charge in [0.05, 0.1) is 5.56 Å². The van der Waals surface area contributed by atoms with Gasteiger partial charge in [0, 0.05) is 12.8 Å². The summed E-state index contributed by atoms with van der Waals surface area (Å²) in [4.78, 5) is 4.57. The van der Waals surface area contributed by atoms with Crippen LogP contribution in [0.5, 0.6) is 0 Å². The van der Waals surface area contributed by atoms with Crippen molar-refractivity contribution in [1.29, 1.82) is 0 Å². The molecule has 2 aromatic rings. The molecule has 1 aromatic heterocycles. The minimum Gasteiger partial charge on any atom is -0.398 e. The van der Waals surface area contributed by atoms with Gasteiger partial charge >= 0.3 is 0 Å². The van der Waals surface area contributed by atoms with Crippen molar-refractivity contribution < 1.29 is 9.26 Å². The maximum atomic E-state index is 6.02. The Morgan fingerprint density at radius 1 is 1.24 bits per heavy atom. The average Bonchev–Trinajstić information content (AvgIpc) is 3.00. The third-order valence-electron chi connectivity index (χ3n) is 4.32. The Hall–Kier alpha value is -1.88. The van der Waals surface area contributed by atoms with E-state index in [0.717, 1.165) is 36.8 Å². The molecule has 1 aromatic carbocycles. The number of aromatic nitrogens is 2. The van der Waals surface area contributed by atoms with Gasteiger partial charge in [0.25, 0.3) is 5.89 Å². The average molecular weight is 287 g/mol. The van der Waals surface area contributed by atoms with Gasteiger partial charge in [0.15, 0.2) is 0 Å². The zero-order valence-corrected chi connectivity index (χ0v) is 12.6. The predicted molar refractivity (Wildman–Crippen MR) is 80.7 cm³/mol. The highest BCUT2D eigenvalue weighted by Crippen LogP contribution is 2.39. The molecule has 0 saturated heterocycles. The number of rotatable bonds is 3. The maximum Gasteiger partial charge on any atom is 0.260 e. The molecule has 2 N–H and O–H groups in total. The Balaban J connectivity index is 1.97. The quantitative estimate of drug-likeness (QED) is 0.875. The highest BCUT2D eigenvalue weighted by atomic mass is 16.5. The zero-order chi connectivity index (χ0) is 14.9. The number of anilines is 1. The summed E-state index contributed by atoms with van der Waals surface area (Å²) in [6.45, 7) is 2.01. The number of nitrogen functional groups attached to an aromatic ring is 1. The molecule has 0 spiro atoms. The first kappa shape index (κ1) is 14.1. The van der Waals surface area contributed by atoms with Crippen molar-refractivity contribution in [3.63, 3.8) is 0 Å². The second-order valence-electron chi connectivity index (χ2n) is 5.77. The normalized spacial score (nSPS) is 17.8. The van der Waals surface area contributed by atoms with Gasteiger partial charge in [-0.2, -0.15) is 4.98 Å². The number of nitrogens with zero attached hydrogens (tertiary/aromatic N) is 2. The van der Waals surface area contributed by atoms with Crippen LogP contribution in [0.15, 0.2) is 22.7 Å². The Bertz CT molecular complexity index is 630. The van der Waals surface area contributed by atoms with Crippen LogP contribution in [-0.4, -0.2) is 17.3 Å². The van der Waals surface area contributed by atoms with E-state index in [1.807, 2.05) is 25.1 Å². The number of benzene rings is 1. The lowest BCUT2D eigenvalue weighted by atomic mass is 9.84. The molecule has 21 heavy (non-hydrogen) atoms. The van der Waals surface area contributed by atoms with Crippen LogP contribution < -0.4 is 5.73 Å². The zero-order valence-electron chi connectivity index (χ0n) is 12.6. The Morgan fingerprint density at radius 3 is 2.71 bits per heavy atom. The van der Waals surface area contributed by atoms with Gasteiger partial charge in [0.1, 0.15) is 5.60 Å². The van der Waals surface area contributed by atoms with Crippen molar-refractivity contribution in [2.75, 3.05) is 12.8 Å². The Kier molecular flexibility index (Phi) is 3.68. The lowest BCUT2D eigenvalue weighted by Crippen LogP contribution is -2.32. The molecule has 1 fully saturated rings. The number of hydrogen-bond acceptors (Lipinski definition) is 5. The molecule has 112 valence electrons. The van der Waals surface area contributed by atoms with Crippen LogP contribution in [0.25, 0.3) is 11.5 Å². The summed E-state index contributed by atoms with van der Waals surface area (Å²) in [6, 6.07) is 5.79. The van der Waals surface area contributed by atoms with Gasteiger partial charge in [0.2, 0.25) is 5.82 Å². The van der Waals surface area contributed by atoms with E-state index in [1.54, 1.807) is 7.11 Å². The van der Waals surface area contributed by atoms with E-state index in [0.29, 0.717) is 17.4 Å². The molecule has 0 bridgehead atoms. The SMILES string of the molecule is COC1(c2noc(-c3cc(C)ccc3N)n2)CCCCC1. The van der Waals surface area contributed by atoms with Gasteiger partial charge in [-0.15, -0.1) is 0 Å². The second-order valence-corrected chi connectivity index (χ2v) is 5.77. The number of aryl methyl sites for hydroxylation is 1. The van der Waals surface area contributed by atoms with Gasteiger partial charge in [-0.1, -0.05) is 36.0 Å². The third kappa shape index (κ3) is 2.53. The lowest BCUT2D eigenvalue weighted by Gasteiger charge is -2.32. The summed E-state index contributed by atoms with van der Waals surface area (Å²) < 4.78 is 11.2. The largest absolute Gasteiger partial charge is 0.398 e. The second kappa shape index (κ2) is 5.48. The smallest absolute Gasteiger partial charge is 0.260 e. The maximum absolute atomic E-state index is 6.02. The van der Waals surface area contributed by atoms with Gasteiger partial charge < -0.3 is 15.0 Å². The molecule has 3 rings (SSSR count). The molecule has 0 amide bonds. The van der Waals surface area contributed by atoms with E-state index < -0.39 is 5.60 Å². The first-order valence-electron chi connectivity index (χ1n) is 7.40. The van der Waals surface area contributed by atoms with Crippen molar-refractivity contribution in [2.24, 2.45) is 0 Å². The molecule has 1 heterocycles. The molecular weight excluding hydrogens is 266 g/mol. The van der Waals surface area contributed by atoms with Crippen molar-refractivity contribution >= 4 is 5.69 Å². The molecule has 1 saturated carbocycles. The van der Waals surface area contributed by atoms with Crippen LogP contribution in [0.3, 0.4) is 0 Å². The van der Waals surface area contributed by atoms with Crippen LogP contribution >= 0.6 is 0 Å². The first-order chi connectivity index (χ1) is 10.1.